The number of pyridine rings is 1. The van der Waals surface area contributed by atoms with Crippen molar-refractivity contribution in [3.05, 3.63) is 90.1 Å². The van der Waals surface area contributed by atoms with Gasteiger partial charge in [0.2, 0.25) is 0 Å². The van der Waals surface area contributed by atoms with Crippen LogP contribution in [0.1, 0.15) is 5.56 Å². The van der Waals surface area contributed by atoms with E-state index >= 15 is 0 Å². The van der Waals surface area contributed by atoms with E-state index in [1.807, 2.05) is 24.3 Å². The highest BCUT2D eigenvalue weighted by molar-refractivity contribution is 7.91. The van der Waals surface area contributed by atoms with E-state index in [-0.39, 0.29) is 10.5 Å². The number of rotatable bonds is 3. The van der Waals surface area contributed by atoms with Gasteiger partial charge in [0.25, 0.3) is 0 Å². The molecule has 1 aromatic heterocycles. The fourth-order valence-electron chi connectivity index (χ4n) is 3.04. The van der Waals surface area contributed by atoms with Gasteiger partial charge in [-0.2, -0.15) is 5.26 Å². The maximum absolute atomic E-state index is 13.9. The van der Waals surface area contributed by atoms with E-state index in [2.05, 4.69) is 4.98 Å². The maximum Gasteiger partial charge on any atom is 0.185 e. The Morgan fingerprint density at radius 2 is 1.79 bits per heavy atom. The molecule has 1 atom stereocenters. The van der Waals surface area contributed by atoms with Gasteiger partial charge in [-0.1, -0.05) is 30.3 Å². The Labute approximate surface area is 163 Å². The van der Waals surface area contributed by atoms with Crippen molar-refractivity contribution >= 4 is 22.1 Å². The Kier molecular flexibility index (Phi) is 4.78. The van der Waals surface area contributed by atoms with Crippen LogP contribution >= 0.6 is 0 Å². The zero-order valence-electron chi connectivity index (χ0n) is 14.4. The lowest BCUT2D eigenvalue weighted by Crippen LogP contribution is -2.06. The standard InChI is InChI=1S/C22H12F2N2OS/c23-16-5-3-4-14(10-16)22-18-6-1-2-7-20(18)26-13-21(22)28(27)17-8-9-19(24)15(11-17)12-25/h1-11,13H. The fourth-order valence-corrected chi connectivity index (χ4v) is 4.27. The molecule has 136 valence electrons. The lowest BCUT2D eigenvalue weighted by molar-refractivity contribution is 0.593. The number of hydrogen-bond donors (Lipinski definition) is 0. The Morgan fingerprint density at radius 1 is 0.964 bits per heavy atom. The van der Waals surface area contributed by atoms with E-state index in [0.717, 1.165) is 11.5 Å². The smallest absolute Gasteiger partial charge is 0.185 e. The summed E-state index contributed by atoms with van der Waals surface area (Å²) < 4.78 is 40.8. The summed E-state index contributed by atoms with van der Waals surface area (Å²) in [5.74, 6) is -1.09. The zero-order valence-corrected chi connectivity index (χ0v) is 15.2. The van der Waals surface area contributed by atoms with Crippen molar-refractivity contribution < 1.29 is 13.3 Å². The number of fused-ring (bicyclic) bond motifs is 1. The van der Waals surface area contributed by atoms with Gasteiger partial charge < -0.3 is 4.55 Å². The summed E-state index contributed by atoms with van der Waals surface area (Å²) in [5.41, 5.74) is 1.64. The van der Waals surface area contributed by atoms with Crippen molar-refractivity contribution in [2.45, 2.75) is 9.79 Å². The Bertz CT molecular complexity index is 1240. The van der Waals surface area contributed by atoms with E-state index in [1.54, 1.807) is 18.2 Å². The second kappa shape index (κ2) is 7.39. The van der Waals surface area contributed by atoms with Crippen LogP contribution < -0.4 is 0 Å². The third kappa shape index (κ3) is 3.22. The summed E-state index contributed by atoms with van der Waals surface area (Å²) >= 11 is -1.74. The summed E-state index contributed by atoms with van der Waals surface area (Å²) in [6, 6.07) is 18.8. The van der Waals surface area contributed by atoms with Gasteiger partial charge in [-0.3, -0.25) is 4.98 Å². The molecule has 0 spiro atoms. The molecule has 0 N–H and O–H groups in total. The molecule has 1 heterocycles. The molecule has 3 nitrogen and oxygen atoms in total. The van der Waals surface area contributed by atoms with E-state index in [9.17, 15) is 13.3 Å². The average molecular weight is 390 g/mol. The summed E-state index contributed by atoms with van der Waals surface area (Å²) in [6.07, 6.45) is 1.48. The summed E-state index contributed by atoms with van der Waals surface area (Å²) in [6.45, 7) is 0. The molecule has 0 fully saturated rings. The normalized spacial score (nSPS) is 11.9. The van der Waals surface area contributed by atoms with Gasteiger partial charge >= 0.3 is 0 Å². The third-order valence-electron chi connectivity index (χ3n) is 4.33. The van der Waals surface area contributed by atoms with Gasteiger partial charge in [0.1, 0.15) is 17.7 Å². The van der Waals surface area contributed by atoms with E-state index in [0.29, 0.717) is 21.5 Å². The van der Waals surface area contributed by atoms with Crippen molar-refractivity contribution in [2.75, 3.05) is 0 Å². The van der Waals surface area contributed by atoms with Crippen LogP contribution in [-0.4, -0.2) is 9.54 Å². The van der Waals surface area contributed by atoms with Gasteiger partial charge in [-0.15, -0.1) is 0 Å². The molecule has 1 unspecified atom stereocenters. The number of nitriles is 1. The van der Waals surface area contributed by atoms with Gasteiger partial charge in [0.05, 0.1) is 17.3 Å². The highest BCUT2D eigenvalue weighted by Gasteiger charge is 2.24. The van der Waals surface area contributed by atoms with Crippen molar-refractivity contribution in [2.24, 2.45) is 0 Å². The van der Waals surface area contributed by atoms with Crippen LogP contribution in [0.15, 0.2) is 82.7 Å². The van der Waals surface area contributed by atoms with Crippen LogP contribution in [0, 0.1) is 23.0 Å². The molecule has 0 amide bonds. The third-order valence-corrected chi connectivity index (χ3v) is 5.72. The molecule has 4 aromatic rings. The lowest BCUT2D eigenvalue weighted by atomic mass is 10.0. The molecule has 0 aliphatic heterocycles. The average Bonchev–Trinajstić information content (AvgIpc) is 2.72. The van der Waals surface area contributed by atoms with Crippen molar-refractivity contribution in [1.82, 2.24) is 4.98 Å². The SMILES string of the molecule is N#Cc1cc([S+]([O-])c2cnc3ccccc3c2-c2cccc(F)c2)ccc1F. The first-order valence-electron chi connectivity index (χ1n) is 8.33. The molecule has 0 saturated carbocycles. The van der Waals surface area contributed by atoms with Gasteiger partial charge in [0, 0.05) is 28.2 Å². The highest BCUT2D eigenvalue weighted by atomic mass is 32.2. The van der Waals surface area contributed by atoms with Crippen molar-refractivity contribution in [1.29, 1.82) is 5.26 Å². The number of para-hydroxylation sites is 1. The van der Waals surface area contributed by atoms with E-state index in [4.69, 9.17) is 5.26 Å². The monoisotopic (exact) mass is 390 g/mol. The minimum Gasteiger partial charge on any atom is -0.606 e. The molecule has 3 aromatic carbocycles. The summed E-state index contributed by atoms with van der Waals surface area (Å²) in [4.78, 5) is 5.00. The number of aromatic nitrogens is 1. The number of benzene rings is 3. The van der Waals surface area contributed by atoms with E-state index < -0.39 is 22.8 Å². The van der Waals surface area contributed by atoms with Crippen LogP contribution in [0.2, 0.25) is 0 Å². The molecule has 0 aliphatic carbocycles. The number of nitrogens with zero attached hydrogens (tertiary/aromatic N) is 2. The minimum atomic E-state index is -1.74. The molecule has 28 heavy (non-hydrogen) atoms. The second-order valence-corrected chi connectivity index (χ2v) is 7.50. The molecule has 0 aliphatic rings. The molecule has 4 rings (SSSR count). The minimum absolute atomic E-state index is 0.188. The largest absolute Gasteiger partial charge is 0.606 e. The highest BCUT2D eigenvalue weighted by Crippen LogP contribution is 2.36. The second-order valence-electron chi connectivity index (χ2n) is 6.05. The Morgan fingerprint density at radius 3 is 2.57 bits per heavy atom. The van der Waals surface area contributed by atoms with Crippen LogP contribution in [0.25, 0.3) is 22.0 Å². The first-order valence-corrected chi connectivity index (χ1v) is 9.48. The molecule has 0 radical (unpaired) electrons. The maximum atomic E-state index is 13.9. The number of halogens is 2. The van der Waals surface area contributed by atoms with E-state index in [1.165, 1.54) is 30.5 Å². The molecule has 0 saturated heterocycles. The number of hydrogen-bond acceptors (Lipinski definition) is 3. The Hall–Kier alpha value is -3.27. The van der Waals surface area contributed by atoms with Gasteiger partial charge in [-0.25, -0.2) is 8.78 Å². The van der Waals surface area contributed by atoms with Crippen LogP contribution in [0.4, 0.5) is 8.78 Å². The first-order chi connectivity index (χ1) is 13.6. The zero-order chi connectivity index (χ0) is 19.7. The van der Waals surface area contributed by atoms with Crippen LogP contribution in [0.5, 0.6) is 0 Å². The van der Waals surface area contributed by atoms with Gasteiger partial charge in [0.15, 0.2) is 9.79 Å². The lowest BCUT2D eigenvalue weighted by Gasteiger charge is -2.16. The summed E-state index contributed by atoms with van der Waals surface area (Å²) in [7, 11) is 0. The topological polar surface area (TPSA) is 59.7 Å². The van der Waals surface area contributed by atoms with Crippen LogP contribution in [-0.2, 0) is 11.2 Å². The van der Waals surface area contributed by atoms with Crippen LogP contribution in [0.3, 0.4) is 0 Å². The predicted octanol–water partition coefficient (Wildman–Crippen LogP) is 5.22. The fraction of sp³-hybridized carbons (Fsp3) is 0. The van der Waals surface area contributed by atoms with Gasteiger partial charge in [-0.05, 0) is 35.9 Å². The molecule has 0 bridgehead atoms. The van der Waals surface area contributed by atoms with Crippen molar-refractivity contribution in [3.8, 4) is 17.2 Å². The first kappa shape index (κ1) is 18.1. The predicted molar refractivity (Wildman–Crippen MR) is 103 cm³/mol. The molecule has 6 heteroatoms. The van der Waals surface area contributed by atoms with Crippen molar-refractivity contribution in [3.63, 3.8) is 0 Å². The Balaban J connectivity index is 1.97. The molecular formula is C22H12F2N2OS. The molecular weight excluding hydrogens is 378 g/mol. The quantitative estimate of drug-likeness (QED) is 0.451. The summed E-state index contributed by atoms with van der Waals surface area (Å²) in [5, 5.41) is 9.78.